The number of nitrogens with one attached hydrogen (secondary N) is 2. The molecule has 0 aromatic carbocycles. The Balaban J connectivity index is 0.000000686. The van der Waals surface area contributed by atoms with Gasteiger partial charge in [0.2, 0.25) is 0 Å². The number of fused-ring (bicyclic) bond motifs is 3. The molecule has 3 heterocycles. The Morgan fingerprint density at radius 3 is 2.92 bits per heavy atom. The molecule has 8 heteroatoms. The number of rotatable bonds is 3. The summed E-state index contributed by atoms with van der Waals surface area (Å²) >= 11 is 0. The second-order valence-corrected chi connectivity index (χ2v) is 7.04. The summed E-state index contributed by atoms with van der Waals surface area (Å²) in [4.78, 5) is 23.8. The maximum atomic E-state index is 8.12. The van der Waals surface area contributed by atoms with Crippen molar-refractivity contribution in [2.45, 2.75) is 45.6 Å². The molecule has 1 aliphatic carbocycles. The van der Waals surface area contributed by atoms with E-state index in [0.29, 0.717) is 12.0 Å². The molecular formula is C17H26N6O2. The second-order valence-electron chi connectivity index (χ2n) is 7.04. The average molecular weight is 346 g/mol. The van der Waals surface area contributed by atoms with Gasteiger partial charge in [0, 0.05) is 21.0 Å². The highest BCUT2D eigenvalue weighted by Gasteiger charge is 2.43. The predicted molar refractivity (Wildman–Crippen MR) is 95.1 cm³/mol. The third-order valence-electron chi connectivity index (χ3n) is 5.01. The molecule has 0 amide bonds. The number of H-pyrrole nitrogens is 1. The van der Waals surface area contributed by atoms with Crippen molar-refractivity contribution in [2.75, 3.05) is 6.54 Å². The minimum Gasteiger partial charge on any atom is -0.345 e. The van der Waals surface area contributed by atoms with E-state index in [1.807, 2.05) is 12.3 Å². The lowest BCUT2D eigenvalue weighted by Crippen LogP contribution is -2.26. The van der Waals surface area contributed by atoms with Crippen LogP contribution in [0.15, 0.2) is 18.5 Å². The molecule has 3 aromatic heterocycles. The van der Waals surface area contributed by atoms with Crippen molar-refractivity contribution in [3.05, 3.63) is 24.3 Å². The molecule has 25 heavy (non-hydrogen) atoms. The van der Waals surface area contributed by atoms with Gasteiger partial charge in [0.15, 0.2) is 11.3 Å². The van der Waals surface area contributed by atoms with Gasteiger partial charge in [0.1, 0.15) is 5.82 Å². The van der Waals surface area contributed by atoms with E-state index in [1.54, 1.807) is 6.20 Å². The first-order chi connectivity index (χ1) is 12.0. The molecule has 1 aliphatic rings. The predicted octanol–water partition coefficient (Wildman–Crippen LogP) is 2.40. The van der Waals surface area contributed by atoms with Crippen LogP contribution < -0.4 is 5.32 Å². The Kier molecular flexibility index (Phi) is 4.65. The monoisotopic (exact) mass is 346 g/mol. The van der Waals surface area contributed by atoms with Crippen molar-refractivity contribution in [3.8, 4) is 0 Å². The standard InChI is InChI=1S/C16H22N6.CO2.2H2/c1-4-17-10-7-11(16(2,3)8-10)15-21-20-13-9-19-14-12(22(13)15)5-6-18-14;2-1-3;;/h5-6,9-11,17-18H,4,7-8H2,1-3H3;;2*1H/t10-,11-;;;/m1.../s1. The van der Waals surface area contributed by atoms with Crippen molar-refractivity contribution in [3.63, 3.8) is 0 Å². The summed E-state index contributed by atoms with van der Waals surface area (Å²) in [6, 6.07) is 2.60. The lowest BCUT2D eigenvalue weighted by atomic mass is 9.81. The van der Waals surface area contributed by atoms with E-state index in [2.05, 4.69) is 50.7 Å². The minimum absolute atomic E-state index is 0. The first-order valence-electron chi connectivity index (χ1n) is 8.41. The molecule has 1 saturated carbocycles. The summed E-state index contributed by atoms with van der Waals surface area (Å²) in [5, 5.41) is 12.5. The highest BCUT2D eigenvalue weighted by atomic mass is 16.2. The fourth-order valence-electron chi connectivity index (χ4n) is 3.99. The van der Waals surface area contributed by atoms with Gasteiger partial charge in [-0.3, -0.25) is 4.40 Å². The van der Waals surface area contributed by atoms with E-state index < -0.39 is 0 Å². The second kappa shape index (κ2) is 6.74. The fourth-order valence-corrected chi connectivity index (χ4v) is 3.99. The topological polar surface area (TPSA) is 105 Å². The summed E-state index contributed by atoms with van der Waals surface area (Å²) in [6.45, 7) is 7.86. The molecule has 2 atom stereocenters. The molecule has 2 N–H and O–H groups in total. The van der Waals surface area contributed by atoms with Gasteiger partial charge in [-0.2, -0.15) is 9.59 Å². The van der Waals surface area contributed by atoms with Crippen LogP contribution in [0.4, 0.5) is 0 Å². The Labute approximate surface area is 148 Å². The fraction of sp³-hybridized carbons (Fsp3) is 0.529. The van der Waals surface area contributed by atoms with E-state index in [9.17, 15) is 0 Å². The Morgan fingerprint density at radius 2 is 2.20 bits per heavy atom. The van der Waals surface area contributed by atoms with Crippen molar-refractivity contribution < 1.29 is 12.4 Å². The zero-order valence-corrected chi connectivity index (χ0v) is 14.6. The molecule has 4 rings (SSSR count). The van der Waals surface area contributed by atoms with Crippen LogP contribution in [-0.2, 0) is 9.59 Å². The molecular weight excluding hydrogens is 320 g/mol. The highest BCUT2D eigenvalue weighted by molar-refractivity contribution is 5.74. The van der Waals surface area contributed by atoms with Gasteiger partial charge in [-0.15, -0.1) is 10.2 Å². The van der Waals surface area contributed by atoms with E-state index in [-0.39, 0.29) is 14.4 Å². The Hall–Kier alpha value is -2.57. The highest BCUT2D eigenvalue weighted by Crippen LogP contribution is 2.48. The van der Waals surface area contributed by atoms with Gasteiger partial charge >= 0.3 is 6.15 Å². The van der Waals surface area contributed by atoms with Crippen molar-refractivity contribution in [2.24, 2.45) is 5.41 Å². The van der Waals surface area contributed by atoms with Crippen LogP contribution in [0.2, 0.25) is 0 Å². The zero-order chi connectivity index (χ0) is 18.0. The summed E-state index contributed by atoms with van der Waals surface area (Å²) in [5.74, 6) is 1.46. The van der Waals surface area contributed by atoms with Crippen LogP contribution in [0, 0.1) is 5.41 Å². The van der Waals surface area contributed by atoms with Gasteiger partial charge < -0.3 is 10.3 Å². The summed E-state index contributed by atoms with van der Waals surface area (Å²) in [6.07, 6.45) is 6.23. The molecule has 0 spiro atoms. The molecule has 0 unspecified atom stereocenters. The smallest absolute Gasteiger partial charge is 0.345 e. The number of hydrogen-bond donors (Lipinski definition) is 2. The van der Waals surface area contributed by atoms with Crippen LogP contribution in [0.3, 0.4) is 0 Å². The third-order valence-corrected chi connectivity index (χ3v) is 5.01. The number of aromatic amines is 1. The SMILES string of the molecule is CCN[C@@H]1C[C@H](c2nnc3cnc4[nH]ccc4n23)C(C)(C)C1.O=C=O.[HH].[HH]. The molecule has 0 saturated heterocycles. The van der Waals surface area contributed by atoms with Crippen molar-refractivity contribution >= 4 is 23.0 Å². The normalized spacial score (nSPS) is 21.9. The number of carbonyl (C=O) groups excluding carboxylic acids is 2. The van der Waals surface area contributed by atoms with Gasteiger partial charge in [-0.05, 0) is 30.9 Å². The Morgan fingerprint density at radius 1 is 1.44 bits per heavy atom. The lowest BCUT2D eigenvalue weighted by molar-refractivity contribution is -0.191. The maximum absolute atomic E-state index is 8.12. The lowest BCUT2D eigenvalue weighted by Gasteiger charge is -2.25. The molecule has 3 aromatic rings. The molecule has 0 bridgehead atoms. The van der Waals surface area contributed by atoms with Crippen LogP contribution in [0.5, 0.6) is 0 Å². The molecule has 1 fully saturated rings. The van der Waals surface area contributed by atoms with E-state index in [4.69, 9.17) is 9.59 Å². The van der Waals surface area contributed by atoms with Crippen molar-refractivity contribution in [1.82, 2.24) is 29.9 Å². The summed E-state index contributed by atoms with van der Waals surface area (Å²) < 4.78 is 2.17. The molecule has 136 valence electrons. The van der Waals surface area contributed by atoms with Gasteiger partial charge in [-0.1, -0.05) is 20.8 Å². The van der Waals surface area contributed by atoms with Crippen LogP contribution in [0.1, 0.15) is 48.2 Å². The maximum Gasteiger partial charge on any atom is 0.373 e. The average Bonchev–Trinajstić information content (AvgIpc) is 3.24. The first kappa shape index (κ1) is 17.3. The number of nitrogens with zero attached hydrogens (tertiary/aromatic N) is 4. The third kappa shape index (κ3) is 3.06. The van der Waals surface area contributed by atoms with Gasteiger partial charge in [-0.25, -0.2) is 4.98 Å². The van der Waals surface area contributed by atoms with Crippen LogP contribution in [0.25, 0.3) is 16.8 Å². The minimum atomic E-state index is 0. The van der Waals surface area contributed by atoms with E-state index in [1.165, 1.54) is 6.42 Å². The number of hydrogen-bond acceptors (Lipinski definition) is 6. The summed E-state index contributed by atoms with van der Waals surface area (Å²) in [5.41, 5.74) is 2.97. The van der Waals surface area contributed by atoms with E-state index in [0.717, 1.165) is 35.6 Å². The molecule has 0 aliphatic heterocycles. The summed E-state index contributed by atoms with van der Waals surface area (Å²) in [7, 11) is 0. The van der Waals surface area contributed by atoms with Crippen molar-refractivity contribution in [1.29, 1.82) is 0 Å². The quantitative estimate of drug-likeness (QED) is 0.754. The first-order valence-corrected chi connectivity index (χ1v) is 8.41. The van der Waals surface area contributed by atoms with E-state index >= 15 is 0 Å². The van der Waals surface area contributed by atoms with Gasteiger partial charge in [0.25, 0.3) is 0 Å². The zero-order valence-electron chi connectivity index (χ0n) is 14.6. The Bertz CT molecular complexity index is 917. The largest absolute Gasteiger partial charge is 0.373 e. The van der Waals surface area contributed by atoms with Crippen LogP contribution >= 0.6 is 0 Å². The van der Waals surface area contributed by atoms with Gasteiger partial charge in [0.05, 0.1) is 11.7 Å². The number of aromatic nitrogens is 5. The molecule has 0 radical (unpaired) electrons. The molecule has 8 nitrogen and oxygen atoms in total. The van der Waals surface area contributed by atoms with Crippen LogP contribution in [-0.4, -0.2) is 43.3 Å².